The van der Waals surface area contributed by atoms with Crippen LogP contribution in [0.1, 0.15) is 43.2 Å². The normalized spacial score (nSPS) is 22.5. The van der Waals surface area contributed by atoms with Gasteiger partial charge in [-0.3, -0.25) is 9.58 Å². The number of hydrogen-bond donors (Lipinski definition) is 0. The van der Waals surface area contributed by atoms with E-state index in [4.69, 9.17) is 0 Å². The average Bonchev–Trinajstić information content (AvgIpc) is 3.32. The molecule has 1 aromatic heterocycles. The lowest BCUT2D eigenvalue weighted by molar-refractivity contribution is 0.106. The van der Waals surface area contributed by atoms with Crippen LogP contribution in [0.4, 0.5) is 0 Å². The molecule has 0 radical (unpaired) electrons. The van der Waals surface area contributed by atoms with Crippen molar-refractivity contribution in [1.29, 1.82) is 0 Å². The van der Waals surface area contributed by atoms with Crippen LogP contribution in [0.25, 0.3) is 0 Å². The van der Waals surface area contributed by atoms with Gasteiger partial charge < -0.3 is 4.90 Å². The van der Waals surface area contributed by atoms with Crippen LogP contribution in [-0.4, -0.2) is 51.8 Å². The minimum Gasteiger partial charge on any atom is -0.302 e. The van der Waals surface area contributed by atoms with E-state index in [1.54, 1.807) is 0 Å². The topological polar surface area (TPSA) is 24.3 Å². The van der Waals surface area contributed by atoms with Crippen molar-refractivity contribution < 1.29 is 0 Å². The van der Waals surface area contributed by atoms with E-state index in [2.05, 4.69) is 39.2 Å². The highest BCUT2D eigenvalue weighted by molar-refractivity contribution is 5.23. The summed E-state index contributed by atoms with van der Waals surface area (Å²) in [5.74, 6) is 0. The van der Waals surface area contributed by atoms with Gasteiger partial charge in [-0.15, -0.1) is 0 Å². The second-order valence-electron chi connectivity index (χ2n) is 7.65. The number of likely N-dealkylation sites (tertiary alicyclic amines) is 2. The van der Waals surface area contributed by atoms with Crippen molar-refractivity contribution in [1.82, 2.24) is 19.6 Å². The van der Waals surface area contributed by atoms with Crippen molar-refractivity contribution in [3.05, 3.63) is 53.9 Å². The van der Waals surface area contributed by atoms with E-state index in [0.717, 1.165) is 19.1 Å². The molecule has 134 valence electrons. The van der Waals surface area contributed by atoms with E-state index in [0.29, 0.717) is 0 Å². The maximum Gasteiger partial charge on any atom is 0.0659 e. The maximum absolute atomic E-state index is 4.29. The van der Waals surface area contributed by atoms with Crippen LogP contribution in [0.5, 0.6) is 0 Å². The Morgan fingerprint density at radius 1 is 0.880 bits per heavy atom. The van der Waals surface area contributed by atoms with Crippen molar-refractivity contribution in [2.75, 3.05) is 26.2 Å². The Morgan fingerprint density at radius 2 is 1.60 bits per heavy atom. The van der Waals surface area contributed by atoms with E-state index < -0.39 is 0 Å². The Balaban J connectivity index is 1.35. The summed E-state index contributed by atoms with van der Waals surface area (Å²) in [5, 5.41) is 4.29. The molecule has 2 saturated heterocycles. The van der Waals surface area contributed by atoms with Gasteiger partial charge in [0.05, 0.1) is 6.54 Å². The minimum atomic E-state index is 0.746. The van der Waals surface area contributed by atoms with Gasteiger partial charge in [0.25, 0.3) is 0 Å². The van der Waals surface area contributed by atoms with E-state index in [-0.39, 0.29) is 0 Å². The molecule has 2 aliphatic heterocycles. The molecule has 25 heavy (non-hydrogen) atoms. The third-order valence-electron chi connectivity index (χ3n) is 5.73. The number of nitrogens with zero attached hydrogens (tertiary/aromatic N) is 4. The molecule has 0 spiro atoms. The number of aromatic nitrogens is 2. The first-order chi connectivity index (χ1) is 12.4. The smallest absolute Gasteiger partial charge is 0.0659 e. The lowest BCUT2D eigenvalue weighted by atomic mass is 10.0. The van der Waals surface area contributed by atoms with Gasteiger partial charge in [0.15, 0.2) is 0 Å². The second-order valence-corrected chi connectivity index (χ2v) is 7.65. The standard InChI is InChI=1S/C21H30N4/c1-2-14-24(21(6-1)18-23-12-3-4-13-23)16-19-7-9-20(10-8-19)17-25-15-5-11-22-25/h5,7-11,15,21H,1-4,6,12-14,16-18H2/t21-/m0/s1. The second kappa shape index (κ2) is 8.15. The zero-order valence-electron chi connectivity index (χ0n) is 15.2. The van der Waals surface area contributed by atoms with Crippen LogP contribution in [-0.2, 0) is 13.1 Å². The van der Waals surface area contributed by atoms with Crippen molar-refractivity contribution in [3.63, 3.8) is 0 Å². The summed E-state index contributed by atoms with van der Waals surface area (Å²) in [6.45, 7) is 7.11. The molecule has 0 saturated carbocycles. The molecule has 2 fully saturated rings. The third-order valence-corrected chi connectivity index (χ3v) is 5.73. The summed E-state index contributed by atoms with van der Waals surface area (Å²) in [6, 6.07) is 11.9. The van der Waals surface area contributed by atoms with Gasteiger partial charge in [0.2, 0.25) is 0 Å². The number of piperidine rings is 1. The van der Waals surface area contributed by atoms with Crippen molar-refractivity contribution in [2.45, 2.75) is 51.2 Å². The quantitative estimate of drug-likeness (QED) is 0.807. The van der Waals surface area contributed by atoms with Crippen LogP contribution < -0.4 is 0 Å². The van der Waals surface area contributed by atoms with Gasteiger partial charge in [0, 0.05) is 31.5 Å². The monoisotopic (exact) mass is 338 g/mol. The molecule has 2 aliphatic rings. The number of rotatable bonds is 6. The van der Waals surface area contributed by atoms with Gasteiger partial charge in [0.1, 0.15) is 0 Å². The lowest BCUT2D eigenvalue weighted by Gasteiger charge is -2.38. The van der Waals surface area contributed by atoms with Gasteiger partial charge in [-0.25, -0.2) is 0 Å². The minimum absolute atomic E-state index is 0.746. The van der Waals surface area contributed by atoms with Crippen LogP contribution in [0.15, 0.2) is 42.7 Å². The molecule has 1 aromatic carbocycles. The molecular formula is C21H30N4. The predicted octanol–water partition coefficient (Wildman–Crippen LogP) is 3.38. The molecule has 3 heterocycles. The van der Waals surface area contributed by atoms with E-state index in [1.165, 1.54) is 69.4 Å². The Morgan fingerprint density at radius 3 is 2.32 bits per heavy atom. The highest BCUT2D eigenvalue weighted by Crippen LogP contribution is 2.22. The first kappa shape index (κ1) is 16.8. The summed E-state index contributed by atoms with van der Waals surface area (Å²) in [6.07, 6.45) is 10.8. The highest BCUT2D eigenvalue weighted by atomic mass is 15.3. The van der Waals surface area contributed by atoms with Gasteiger partial charge in [-0.05, 0) is 62.5 Å². The molecule has 4 nitrogen and oxygen atoms in total. The first-order valence-electron chi connectivity index (χ1n) is 9.88. The summed E-state index contributed by atoms with van der Waals surface area (Å²) in [4.78, 5) is 5.40. The summed E-state index contributed by atoms with van der Waals surface area (Å²) >= 11 is 0. The van der Waals surface area contributed by atoms with E-state index in [9.17, 15) is 0 Å². The summed E-state index contributed by atoms with van der Waals surface area (Å²) in [7, 11) is 0. The molecular weight excluding hydrogens is 308 g/mol. The van der Waals surface area contributed by atoms with Crippen molar-refractivity contribution in [3.8, 4) is 0 Å². The fourth-order valence-electron chi connectivity index (χ4n) is 4.30. The Kier molecular flexibility index (Phi) is 5.48. The van der Waals surface area contributed by atoms with Crippen LogP contribution in [0, 0.1) is 0 Å². The Hall–Kier alpha value is -1.65. The maximum atomic E-state index is 4.29. The van der Waals surface area contributed by atoms with Gasteiger partial charge in [-0.2, -0.15) is 5.10 Å². The molecule has 0 unspecified atom stereocenters. The largest absolute Gasteiger partial charge is 0.302 e. The summed E-state index contributed by atoms with van der Waals surface area (Å²) < 4.78 is 1.98. The first-order valence-corrected chi connectivity index (χ1v) is 9.88. The van der Waals surface area contributed by atoms with Crippen LogP contribution in [0.2, 0.25) is 0 Å². The van der Waals surface area contributed by atoms with Crippen molar-refractivity contribution in [2.24, 2.45) is 0 Å². The molecule has 2 aromatic rings. The van der Waals surface area contributed by atoms with Gasteiger partial charge in [-0.1, -0.05) is 30.7 Å². The molecule has 0 N–H and O–H groups in total. The van der Waals surface area contributed by atoms with Gasteiger partial charge >= 0.3 is 0 Å². The SMILES string of the molecule is c1cnn(Cc2ccc(CN3CCCC[C@H]3CN3CCCC3)cc2)c1. The van der Waals surface area contributed by atoms with E-state index in [1.807, 2.05) is 23.1 Å². The average molecular weight is 338 g/mol. The number of hydrogen-bond acceptors (Lipinski definition) is 3. The zero-order valence-corrected chi connectivity index (χ0v) is 15.2. The molecule has 0 amide bonds. The van der Waals surface area contributed by atoms with E-state index >= 15 is 0 Å². The fourth-order valence-corrected chi connectivity index (χ4v) is 4.30. The fraction of sp³-hybridized carbons (Fsp3) is 0.571. The zero-order chi connectivity index (χ0) is 16.9. The molecule has 0 bridgehead atoms. The molecule has 1 atom stereocenters. The van der Waals surface area contributed by atoms with Crippen LogP contribution >= 0.6 is 0 Å². The number of benzene rings is 1. The highest BCUT2D eigenvalue weighted by Gasteiger charge is 2.25. The molecule has 0 aliphatic carbocycles. The Bertz CT molecular complexity index is 628. The molecule has 4 heteroatoms. The lowest BCUT2D eigenvalue weighted by Crippen LogP contribution is -2.45. The summed E-state index contributed by atoms with van der Waals surface area (Å²) in [5.41, 5.74) is 2.76. The Labute approximate surface area is 151 Å². The van der Waals surface area contributed by atoms with Crippen molar-refractivity contribution >= 4 is 0 Å². The molecule has 4 rings (SSSR count). The van der Waals surface area contributed by atoms with Crippen LogP contribution in [0.3, 0.4) is 0 Å². The third kappa shape index (κ3) is 4.50. The predicted molar refractivity (Wildman–Crippen MR) is 101 cm³/mol.